The number of halogens is 2. The molecule has 2 fully saturated rings. The fourth-order valence-corrected chi connectivity index (χ4v) is 6.56. The Labute approximate surface area is 229 Å². The lowest BCUT2D eigenvalue weighted by molar-refractivity contribution is -0.248. The monoisotopic (exact) mass is 520 g/mol. The lowest BCUT2D eigenvalue weighted by Gasteiger charge is -2.29. The van der Waals surface area contributed by atoms with E-state index >= 15 is 0 Å². The van der Waals surface area contributed by atoms with Gasteiger partial charge in [0.1, 0.15) is 0 Å². The zero-order chi connectivity index (χ0) is 26.8. The standard InChI is InChI=1S/C35H46F2O/c1-3-5-7-27-9-15-30(16-10-27)31-19-13-29(14-20-31)25-26-38-35(36,37)34-23-21-33(22-24-34)32-17-11-28(12-18-32)8-6-4-2/h3-4,13-14,19-24,27-28,30,32H,1-2,5-12,15-18,25-26H2/t27-,28-,30-,32-. The maximum absolute atomic E-state index is 14.8. The third-order valence-corrected chi connectivity index (χ3v) is 9.09. The van der Waals surface area contributed by atoms with Crippen LogP contribution in [0.2, 0.25) is 0 Å². The first-order chi connectivity index (χ1) is 18.5. The minimum Gasteiger partial charge on any atom is -0.316 e. The van der Waals surface area contributed by atoms with Crippen molar-refractivity contribution in [2.75, 3.05) is 6.61 Å². The average Bonchev–Trinajstić information content (AvgIpc) is 2.96. The highest BCUT2D eigenvalue weighted by molar-refractivity contribution is 5.28. The van der Waals surface area contributed by atoms with Crippen molar-refractivity contribution in [2.24, 2.45) is 11.8 Å². The van der Waals surface area contributed by atoms with Crippen LogP contribution >= 0.6 is 0 Å². The van der Waals surface area contributed by atoms with Gasteiger partial charge in [-0.2, -0.15) is 8.78 Å². The van der Waals surface area contributed by atoms with Crippen LogP contribution in [0.1, 0.15) is 111 Å². The second-order valence-electron chi connectivity index (χ2n) is 11.6. The van der Waals surface area contributed by atoms with Gasteiger partial charge in [0.2, 0.25) is 0 Å². The highest BCUT2D eigenvalue weighted by Crippen LogP contribution is 2.39. The van der Waals surface area contributed by atoms with Crippen LogP contribution in [0.25, 0.3) is 0 Å². The first-order valence-corrected chi connectivity index (χ1v) is 14.9. The van der Waals surface area contributed by atoms with Crippen LogP contribution in [0.5, 0.6) is 0 Å². The Bertz CT molecular complexity index is 978. The van der Waals surface area contributed by atoms with Crippen molar-refractivity contribution in [1.82, 2.24) is 0 Å². The van der Waals surface area contributed by atoms with Crippen molar-refractivity contribution in [1.29, 1.82) is 0 Å². The molecule has 4 rings (SSSR count). The lowest BCUT2D eigenvalue weighted by atomic mass is 9.77. The highest BCUT2D eigenvalue weighted by Gasteiger charge is 2.33. The van der Waals surface area contributed by atoms with E-state index in [0.717, 1.165) is 43.1 Å². The van der Waals surface area contributed by atoms with E-state index in [2.05, 4.69) is 37.4 Å². The number of alkyl halides is 2. The quantitative estimate of drug-likeness (QED) is 0.239. The SMILES string of the molecule is C=CCC[C@H]1CC[C@H](c2ccc(CCOC(F)(F)c3ccc([C@H]4CC[C@H](CCC=C)CC4)cc3)cc2)CC1. The molecule has 0 heterocycles. The fraction of sp³-hybridized carbons (Fsp3) is 0.543. The van der Waals surface area contributed by atoms with E-state index in [1.807, 2.05) is 24.3 Å². The number of hydrogen-bond donors (Lipinski definition) is 0. The predicted octanol–water partition coefficient (Wildman–Crippen LogP) is 10.5. The Morgan fingerprint density at radius 2 is 1.13 bits per heavy atom. The molecule has 0 unspecified atom stereocenters. The summed E-state index contributed by atoms with van der Waals surface area (Å²) < 4.78 is 34.7. The molecule has 2 aromatic rings. The van der Waals surface area contributed by atoms with Gasteiger partial charge >= 0.3 is 6.11 Å². The molecule has 2 saturated carbocycles. The summed E-state index contributed by atoms with van der Waals surface area (Å²) in [5.41, 5.74) is 3.55. The molecule has 0 bridgehead atoms. The van der Waals surface area contributed by atoms with Gasteiger partial charge in [0.15, 0.2) is 0 Å². The molecule has 2 aliphatic carbocycles. The van der Waals surface area contributed by atoms with Crippen LogP contribution in [0, 0.1) is 11.8 Å². The summed E-state index contributed by atoms with van der Waals surface area (Å²) in [5, 5.41) is 0. The van der Waals surface area contributed by atoms with Gasteiger partial charge in [-0.1, -0.05) is 60.7 Å². The summed E-state index contributed by atoms with van der Waals surface area (Å²) in [6.07, 6.45) is 15.7. The van der Waals surface area contributed by atoms with Gasteiger partial charge in [-0.05, 0) is 124 Å². The van der Waals surface area contributed by atoms with Crippen molar-refractivity contribution in [3.63, 3.8) is 0 Å². The van der Waals surface area contributed by atoms with E-state index in [0.29, 0.717) is 18.3 Å². The summed E-state index contributed by atoms with van der Waals surface area (Å²) in [7, 11) is 0. The Morgan fingerprint density at radius 1 is 0.684 bits per heavy atom. The zero-order valence-corrected chi connectivity index (χ0v) is 23.1. The van der Waals surface area contributed by atoms with E-state index in [9.17, 15) is 8.78 Å². The highest BCUT2D eigenvalue weighted by atomic mass is 19.3. The second-order valence-corrected chi connectivity index (χ2v) is 11.6. The third kappa shape index (κ3) is 8.12. The maximum atomic E-state index is 14.8. The van der Waals surface area contributed by atoms with Crippen LogP contribution in [0.4, 0.5) is 8.78 Å². The van der Waals surface area contributed by atoms with Crippen LogP contribution in [0.3, 0.4) is 0 Å². The van der Waals surface area contributed by atoms with Crippen molar-refractivity contribution in [3.05, 3.63) is 96.1 Å². The molecule has 3 heteroatoms. The lowest BCUT2D eigenvalue weighted by Crippen LogP contribution is -2.20. The molecule has 0 spiro atoms. The van der Waals surface area contributed by atoms with Crippen LogP contribution < -0.4 is 0 Å². The first kappa shape index (κ1) is 28.7. The van der Waals surface area contributed by atoms with Crippen LogP contribution in [-0.2, 0) is 17.3 Å². The van der Waals surface area contributed by atoms with Crippen molar-refractivity contribution >= 4 is 0 Å². The number of benzene rings is 2. The molecule has 38 heavy (non-hydrogen) atoms. The van der Waals surface area contributed by atoms with Gasteiger partial charge in [-0.3, -0.25) is 0 Å². The molecule has 0 aromatic heterocycles. The number of allylic oxidation sites excluding steroid dienone is 2. The summed E-state index contributed by atoms with van der Waals surface area (Å²) in [5.74, 6) is 2.73. The zero-order valence-electron chi connectivity index (χ0n) is 23.1. The maximum Gasteiger partial charge on any atom is 0.383 e. The third-order valence-electron chi connectivity index (χ3n) is 9.09. The minimum absolute atomic E-state index is 0.00275. The molecule has 2 aliphatic rings. The summed E-state index contributed by atoms with van der Waals surface area (Å²) in [4.78, 5) is 0. The van der Waals surface area contributed by atoms with Gasteiger partial charge in [-0.25, -0.2) is 0 Å². The molecule has 0 saturated heterocycles. The average molecular weight is 521 g/mol. The van der Waals surface area contributed by atoms with E-state index in [4.69, 9.17) is 4.74 Å². The van der Waals surface area contributed by atoms with Crippen molar-refractivity contribution in [2.45, 2.75) is 101 Å². The van der Waals surface area contributed by atoms with Gasteiger partial charge in [-0.15, -0.1) is 13.2 Å². The molecule has 2 aromatic carbocycles. The normalized spacial score (nSPS) is 24.2. The molecule has 206 valence electrons. The number of hydrogen-bond acceptors (Lipinski definition) is 1. The van der Waals surface area contributed by atoms with E-state index < -0.39 is 6.11 Å². The van der Waals surface area contributed by atoms with E-state index in [1.54, 1.807) is 12.1 Å². The smallest absolute Gasteiger partial charge is 0.316 e. The van der Waals surface area contributed by atoms with Crippen molar-refractivity contribution < 1.29 is 13.5 Å². The Balaban J connectivity index is 1.21. The van der Waals surface area contributed by atoms with Crippen molar-refractivity contribution in [3.8, 4) is 0 Å². The summed E-state index contributed by atoms with van der Waals surface area (Å²) in [6.45, 7) is 7.66. The van der Waals surface area contributed by atoms with E-state index in [1.165, 1.54) is 62.5 Å². The van der Waals surface area contributed by atoms with E-state index in [-0.39, 0.29) is 12.2 Å². The molecule has 0 radical (unpaired) electrons. The predicted molar refractivity (Wildman–Crippen MR) is 155 cm³/mol. The molecular formula is C35H46F2O. The Kier molecular flexibility index (Phi) is 10.8. The largest absolute Gasteiger partial charge is 0.383 e. The minimum atomic E-state index is -3.27. The molecule has 0 N–H and O–H groups in total. The molecule has 0 atom stereocenters. The van der Waals surface area contributed by atoms with Gasteiger partial charge in [0, 0.05) is 0 Å². The van der Waals surface area contributed by atoms with Gasteiger partial charge < -0.3 is 4.74 Å². The second kappa shape index (κ2) is 14.2. The molecular weight excluding hydrogens is 474 g/mol. The molecule has 0 amide bonds. The van der Waals surface area contributed by atoms with Gasteiger partial charge in [0.25, 0.3) is 0 Å². The van der Waals surface area contributed by atoms with Crippen LogP contribution in [0.15, 0.2) is 73.8 Å². The molecule has 0 aliphatic heterocycles. The van der Waals surface area contributed by atoms with Gasteiger partial charge in [0.05, 0.1) is 12.2 Å². The summed E-state index contributed by atoms with van der Waals surface area (Å²) >= 11 is 0. The Morgan fingerprint density at radius 3 is 1.58 bits per heavy atom. The number of rotatable bonds is 13. The Hall–Kier alpha value is -2.26. The molecule has 1 nitrogen and oxygen atoms in total. The first-order valence-electron chi connectivity index (χ1n) is 14.9. The fourth-order valence-electron chi connectivity index (χ4n) is 6.56. The summed E-state index contributed by atoms with van der Waals surface area (Å²) in [6, 6.07) is 15.4. The van der Waals surface area contributed by atoms with Crippen LogP contribution in [-0.4, -0.2) is 6.61 Å². The topological polar surface area (TPSA) is 9.23 Å². The number of ether oxygens (including phenoxy) is 1.